The molecule has 0 aliphatic carbocycles. The van der Waals surface area contributed by atoms with Gasteiger partial charge in [0.1, 0.15) is 0 Å². The first-order valence-electron chi connectivity index (χ1n) is 10.1. The van der Waals surface area contributed by atoms with Gasteiger partial charge in [-0.2, -0.15) is 0 Å². The van der Waals surface area contributed by atoms with E-state index in [0.29, 0.717) is 10.8 Å². The van der Waals surface area contributed by atoms with Crippen molar-refractivity contribution in [3.8, 4) is 0 Å². The van der Waals surface area contributed by atoms with Crippen molar-refractivity contribution in [3.63, 3.8) is 0 Å². The molecule has 0 saturated heterocycles. The fourth-order valence-corrected chi connectivity index (χ4v) is 2.95. The van der Waals surface area contributed by atoms with E-state index >= 15 is 0 Å². The predicted octanol–water partition coefficient (Wildman–Crippen LogP) is 6.96. The lowest BCUT2D eigenvalue weighted by Gasteiger charge is -2.07. The summed E-state index contributed by atoms with van der Waals surface area (Å²) in [5.74, 6) is 0. The van der Waals surface area contributed by atoms with Crippen molar-refractivity contribution in [1.82, 2.24) is 0 Å². The van der Waals surface area contributed by atoms with Gasteiger partial charge in [-0.3, -0.25) is 0 Å². The maximum absolute atomic E-state index is 5.92. The summed E-state index contributed by atoms with van der Waals surface area (Å²) in [6, 6.07) is 0. The fraction of sp³-hybridized carbons (Fsp3) is 1.00. The first-order chi connectivity index (χ1) is 11.6. The Morgan fingerprint density at radius 2 is 0.833 bits per heavy atom. The highest BCUT2D eigenvalue weighted by molar-refractivity contribution is 6.20. The van der Waals surface area contributed by atoms with Gasteiger partial charge in [0.15, 0.2) is 0 Å². The van der Waals surface area contributed by atoms with E-state index in [1.807, 2.05) is 0 Å². The summed E-state index contributed by atoms with van der Waals surface area (Å²) in [7, 11) is 0. The third-order valence-corrected chi connectivity index (χ3v) is 4.59. The zero-order valence-corrected chi connectivity index (χ0v) is 17.6. The molecule has 0 aromatic heterocycles. The molecule has 0 amide bonds. The van der Waals surface area contributed by atoms with Gasteiger partial charge in [0, 0.05) is 24.0 Å². The van der Waals surface area contributed by atoms with Crippen LogP contribution in [-0.4, -0.2) is 37.2 Å². The molecule has 0 rings (SSSR count). The number of hydrogen-bond donors (Lipinski definition) is 0. The van der Waals surface area contributed by atoms with Crippen LogP contribution in [0.4, 0.5) is 0 Å². The number of ether oxygens (including phenoxy) is 2. The first kappa shape index (κ1) is 24.5. The molecule has 0 bridgehead atoms. The standard InChI is InChI=1S/C20H40Cl2O2/c1-19(21)13-9-5-3-7-11-15-23-17-18-24-16-12-8-4-6-10-14-20(2)22/h19-20H,3-18H2,1-2H3. The Kier molecular flexibility index (Phi) is 20.2. The molecule has 146 valence electrons. The number of unbranched alkanes of at least 4 members (excludes halogenated alkanes) is 8. The van der Waals surface area contributed by atoms with Gasteiger partial charge in [-0.05, 0) is 39.5 Å². The van der Waals surface area contributed by atoms with E-state index in [4.69, 9.17) is 32.7 Å². The monoisotopic (exact) mass is 382 g/mol. The summed E-state index contributed by atoms with van der Waals surface area (Å²) in [5, 5.41) is 0.654. The van der Waals surface area contributed by atoms with Crippen LogP contribution in [0, 0.1) is 0 Å². The predicted molar refractivity (Wildman–Crippen MR) is 108 cm³/mol. The molecule has 0 fully saturated rings. The van der Waals surface area contributed by atoms with Crippen LogP contribution >= 0.6 is 23.2 Å². The summed E-state index contributed by atoms with van der Waals surface area (Å²) in [6.07, 6.45) is 14.8. The van der Waals surface area contributed by atoms with Crippen LogP contribution in [0.25, 0.3) is 0 Å². The van der Waals surface area contributed by atoms with Crippen molar-refractivity contribution in [2.24, 2.45) is 0 Å². The summed E-state index contributed by atoms with van der Waals surface area (Å²) in [5.41, 5.74) is 0. The molecule has 0 aromatic carbocycles. The third-order valence-electron chi connectivity index (χ3n) is 4.15. The van der Waals surface area contributed by atoms with E-state index in [0.717, 1.165) is 52.1 Å². The molecule has 0 spiro atoms. The van der Waals surface area contributed by atoms with Crippen molar-refractivity contribution in [1.29, 1.82) is 0 Å². The number of rotatable bonds is 19. The molecule has 2 atom stereocenters. The minimum Gasteiger partial charge on any atom is -0.379 e. The summed E-state index contributed by atoms with van der Waals surface area (Å²) < 4.78 is 11.2. The quantitative estimate of drug-likeness (QED) is 0.177. The Morgan fingerprint density at radius 3 is 1.21 bits per heavy atom. The van der Waals surface area contributed by atoms with Crippen LogP contribution in [0.1, 0.15) is 90.9 Å². The molecular formula is C20H40Cl2O2. The maximum atomic E-state index is 5.92. The number of halogens is 2. The Labute approximate surface area is 161 Å². The van der Waals surface area contributed by atoms with Gasteiger partial charge in [-0.1, -0.05) is 51.4 Å². The number of alkyl halides is 2. The van der Waals surface area contributed by atoms with Gasteiger partial charge in [0.05, 0.1) is 13.2 Å². The van der Waals surface area contributed by atoms with Gasteiger partial charge in [-0.25, -0.2) is 0 Å². The SMILES string of the molecule is CC(Cl)CCCCCCCOCCOCCCCCCCC(C)Cl. The lowest BCUT2D eigenvalue weighted by Crippen LogP contribution is -2.06. The van der Waals surface area contributed by atoms with Crippen molar-refractivity contribution in [2.45, 2.75) is 102 Å². The fourth-order valence-electron chi connectivity index (χ4n) is 2.64. The van der Waals surface area contributed by atoms with Crippen molar-refractivity contribution in [2.75, 3.05) is 26.4 Å². The van der Waals surface area contributed by atoms with Crippen LogP contribution in [-0.2, 0) is 9.47 Å². The largest absolute Gasteiger partial charge is 0.379 e. The Morgan fingerprint density at radius 1 is 0.500 bits per heavy atom. The van der Waals surface area contributed by atoms with Crippen LogP contribution in [0.5, 0.6) is 0 Å². The lowest BCUT2D eigenvalue weighted by atomic mass is 10.1. The van der Waals surface area contributed by atoms with Crippen LogP contribution in [0.3, 0.4) is 0 Å². The summed E-state index contributed by atoms with van der Waals surface area (Å²) in [6.45, 7) is 7.35. The molecule has 24 heavy (non-hydrogen) atoms. The van der Waals surface area contributed by atoms with E-state index in [1.165, 1.54) is 51.4 Å². The molecular weight excluding hydrogens is 343 g/mol. The molecule has 0 saturated carbocycles. The minimum absolute atomic E-state index is 0.327. The second-order valence-electron chi connectivity index (χ2n) is 6.90. The smallest absolute Gasteiger partial charge is 0.0700 e. The van der Waals surface area contributed by atoms with E-state index in [-0.39, 0.29) is 0 Å². The normalized spacial score (nSPS) is 14.0. The Bertz CT molecular complexity index is 212. The topological polar surface area (TPSA) is 18.5 Å². The maximum Gasteiger partial charge on any atom is 0.0700 e. The van der Waals surface area contributed by atoms with Gasteiger partial charge in [0.2, 0.25) is 0 Å². The molecule has 2 unspecified atom stereocenters. The second kappa shape index (κ2) is 19.8. The van der Waals surface area contributed by atoms with Crippen molar-refractivity contribution < 1.29 is 9.47 Å². The minimum atomic E-state index is 0.327. The molecule has 0 radical (unpaired) electrons. The first-order valence-corrected chi connectivity index (χ1v) is 10.9. The van der Waals surface area contributed by atoms with E-state index in [9.17, 15) is 0 Å². The summed E-state index contributed by atoms with van der Waals surface area (Å²) in [4.78, 5) is 0. The Hall–Kier alpha value is 0.500. The van der Waals surface area contributed by atoms with Crippen LogP contribution < -0.4 is 0 Å². The highest BCUT2D eigenvalue weighted by atomic mass is 35.5. The molecule has 4 heteroatoms. The highest BCUT2D eigenvalue weighted by Gasteiger charge is 1.97. The van der Waals surface area contributed by atoms with E-state index in [1.54, 1.807) is 0 Å². The molecule has 2 nitrogen and oxygen atoms in total. The van der Waals surface area contributed by atoms with Gasteiger partial charge in [-0.15, -0.1) is 23.2 Å². The van der Waals surface area contributed by atoms with Crippen LogP contribution in [0.15, 0.2) is 0 Å². The van der Waals surface area contributed by atoms with E-state index in [2.05, 4.69) is 13.8 Å². The average molecular weight is 383 g/mol. The van der Waals surface area contributed by atoms with Gasteiger partial charge in [0.25, 0.3) is 0 Å². The zero-order chi connectivity index (χ0) is 17.9. The van der Waals surface area contributed by atoms with Gasteiger partial charge < -0.3 is 9.47 Å². The molecule has 0 aliphatic rings. The molecule has 0 aromatic rings. The zero-order valence-electron chi connectivity index (χ0n) is 16.0. The summed E-state index contributed by atoms with van der Waals surface area (Å²) >= 11 is 11.8. The number of hydrogen-bond acceptors (Lipinski definition) is 2. The highest BCUT2D eigenvalue weighted by Crippen LogP contribution is 2.11. The molecule has 0 aliphatic heterocycles. The lowest BCUT2D eigenvalue weighted by molar-refractivity contribution is 0.0448. The van der Waals surface area contributed by atoms with Crippen LogP contribution in [0.2, 0.25) is 0 Å². The van der Waals surface area contributed by atoms with E-state index < -0.39 is 0 Å². The third kappa shape index (κ3) is 22.5. The van der Waals surface area contributed by atoms with Crippen molar-refractivity contribution in [3.05, 3.63) is 0 Å². The van der Waals surface area contributed by atoms with Crippen molar-refractivity contribution >= 4 is 23.2 Å². The second-order valence-corrected chi connectivity index (χ2v) is 8.39. The molecule has 0 N–H and O–H groups in total. The Balaban J connectivity index is 2.98. The van der Waals surface area contributed by atoms with Gasteiger partial charge >= 0.3 is 0 Å². The average Bonchev–Trinajstić information content (AvgIpc) is 2.53. The molecule has 0 heterocycles.